The van der Waals surface area contributed by atoms with Crippen LogP contribution < -0.4 is 9.62 Å². The molecule has 0 aromatic carbocycles. The molecule has 0 bridgehead atoms. The van der Waals surface area contributed by atoms with Crippen LogP contribution in [0.2, 0.25) is 0 Å². The third kappa shape index (κ3) is 3.22. The van der Waals surface area contributed by atoms with Crippen LogP contribution in [0.1, 0.15) is 25.2 Å². The highest BCUT2D eigenvalue weighted by molar-refractivity contribution is 7.92. The Kier molecular flexibility index (Phi) is 4.70. The number of aromatic nitrogens is 3. The maximum atomic E-state index is 12.4. The summed E-state index contributed by atoms with van der Waals surface area (Å²) in [6.45, 7) is 9.12. The Balaban J connectivity index is 2.24. The van der Waals surface area contributed by atoms with Crippen LogP contribution in [0.25, 0.3) is 0 Å². The minimum atomic E-state index is -3.67. The molecule has 0 amide bonds. The summed E-state index contributed by atoms with van der Waals surface area (Å²) >= 11 is 0. The molecule has 0 atom stereocenters. The summed E-state index contributed by atoms with van der Waals surface area (Å²) in [5.74, 6) is 0.823. The SMILES string of the molecule is CCN(CC)c1ccc(NS(=O)(=O)c2c(C)n[nH]c2C)cn1. The molecule has 0 spiro atoms. The van der Waals surface area contributed by atoms with E-state index in [9.17, 15) is 8.42 Å². The summed E-state index contributed by atoms with van der Waals surface area (Å²) in [6.07, 6.45) is 1.52. The van der Waals surface area contributed by atoms with Gasteiger partial charge < -0.3 is 4.90 Å². The summed E-state index contributed by atoms with van der Waals surface area (Å²) in [5, 5.41) is 6.59. The third-order valence-electron chi connectivity index (χ3n) is 3.42. The minimum Gasteiger partial charge on any atom is -0.357 e. The number of nitrogens with zero attached hydrogens (tertiary/aromatic N) is 3. The van der Waals surface area contributed by atoms with E-state index in [0.717, 1.165) is 18.9 Å². The zero-order valence-electron chi connectivity index (χ0n) is 13.2. The Bertz CT molecular complexity index is 714. The van der Waals surface area contributed by atoms with Crippen molar-refractivity contribution in [1.82, 2.24) is 15.2 Å². The molecule has 2 aromatic rings. The van der Waals surface area contributed by atoms with Crippen molar-refractivity contribution in [1.29, 1.82) is 0 Å². The van der Waals surface area contributed by atoms with E-state index in [1.807, 2.05) is 13.8 Å². The number of aromatic amines is 1. The molecule has 0 fully saturated rings. The molecule has 8 heteroatoms. The van der Waals surface area contributed by atoms with Gasteiger partial charge in [-0.25, -0.2) is 13.4 Å². The summed E-state index contributed by atoms with van der Waals surface area (Å²) in [7, 11) is -3.67. The molecule has 120 valence electrons. The number of H-pyrrole nitrogens is 1. The highest BCUT2D eigenvalue weighted by Crippen LogP contribution is 2.21. The van der Waals surface area contributed by atoms with Crippen molar-refractivity contribution in [2.24, 2.45) is 0 Å². The van der Waals surface area contributed by atoms with Crippen molar-refractivity contribution < 1.29 is 8.42 Å². The van der Waals surface area contributed by atoms with E-state index in [4.69, 9.17) is 0 Å². The number of hydrogen-bond donors (Lipinski definition) is 2. The van der Waals surface area contributed by atoms with Gasteiger partial charge in [0.2, 0.25) is 0 Å². The van der Waals surface area contributed by atoms with E-state index in [1.165, 1.54) is 6.20 Å². The fourth-order valence-corrected chi connectivity index (χ4v) is 3.74. The number of rotatable bonds is 6. The Morgan fingerprint density at radius 2 is 1.91 bits per heavy atom. The van der Waals surface area contributed by atoms with Crippen molar-refractivity contribution >= 4 is 21.5 Å². The van der Waals surface area contributed by atoms with Gasteiger partial charge >= 0.3 is 0 Å². The first-order chi connectivity index (χ1) is 10.4. The van der Waals surface area contributed by atoms with Crippen LogP contribution in [0.4, 0.5) is 11.5 Å². The molecule has 0 aliphatic heterocycles. The zero-order chi connectivity index (χ0) is 16.3. The number of nitrogens with one attached hydrogen (secondary N) is 2. The highest BCUT2D eigenvalue weighted by atomic mass is 32.2. The van der Waals surface area contributed by atoms with Crippen LogP contribution in [0.5, 0.6) is 0 Å². The lowest BCUT2D eigenvalue weighted by atomic mass is 10.4. The van der Waals surface area contributed by atoms with Crippen molar-refractivity contribution in [3.63, 3.8) is 0 Å². The first-order valence-corrected chi connectivity index (χ1v) is 8.62. The van der Waals surface area contributed by atoms with Gasteiger partial charge in [0.15, 0.2) is 0 Å². The largest absolute Gasteiger partial charge is 0.357 e. The second-order valence-electron chi connectivity index (χ2n) is 4.95. The van der Waals surface area contributed by atoms with E-state index < -0.39 is 10.0 Å². The van der Waals surface area contributed by atoms with Crippen LogP contribution in [-0.4, -0.2) is 36.7 Å². The van der Waals surface area contributed by atoms with E-state index in [-0.39, 0.29) is 4.90 Å². The molecule has 0 saturated carbocycles. The molecule has 2 aromatic heterocycles. The van der Waals surface area contributed by atoms with Crippen molar-refractivity contribution in [3.05, 3.63) is 29.7 Å². The van der Waals surface area contributed by atoms with Gasteiger partial charge in [-0.1, -0.05) is 0 Å². The average molecular weight is 323 g/mol. The van der Waals surface area contributed by atoms with Crippen LogP contribution in [0, 0.1) is 13.8 Å². The van der Waals surface area contributed by atoms with Crippen LogP contribution in [-0.2, 0) is 10.0 Å². The lowest BCUT2D eigenvalue weighted by molar-refractivity contribution is 0.600. The second kappa shape index (κ2) is 6.35. The van der Waals surface area contributed by atoms with Crippen molar-refractivity contribution in [2.75, 3.05) is 22.7 Å². The van der Waals surface area contributed by atoms with Crippen LogP contribution in [0.3, 0.4) is 0 Å². The topological polar surface area (TPSA) is 91.0 Å². The Morgan fingerprint density at radius 3 is 2.36 bits per heavy atom. The minimum absolute atomic E-state index is 0.181. The molecule has 0 radical (unpaired) electrons. The van der Waals surface area contributed by atoms with Gasteiger partial charge in [-0.3, -0.25) is 9.82 Å². The lowest BCUT2D eigenvalue weighted by Gasteiger charge is -2.19. The number of sulfonamides is 1. The standard InChI is InChI=1S/C14H21N5O2S/c1-5-19(6-2)13-8-7-12(9-15-13)18-22(20,21)14-10(3)16-17-11(14)4/h7-9,18H,5-6H2,1-4H3,(H,16,17). The molecule has 0 aliphatic carbocycles. The normalized spacial score (nSPS) is 11.5. The summed E-state index contributed by atoms with van der Waals surface area (Å²) < 4.78 is 27.4. The van der Waals surface area contributed by atoms with Crippen LogP contribution in [0.15, 0.2) is 23.2 Å². The van der Waals surface area contributed by atoms with Crippen LogP contribution >= 0.6 is 0 Å². The zero-order valence-corrected chi connectivity index (χ0v) is 14.0. The van der Waals surface area contributed by atoms with Gasteiger partial charge in [0.1, 0.15) is 10.7 Å². The summed E-state index contributed by atoms with van der Waals surface area (Å²) in [5.41, 5.74) is 1.38. The maximum Gasteiger partial charge on any atom is 0.265 e. The van der Waals surface area contributed by atoms with Gasteiger partial charge in [0.05, 0.1) is 23.3 Å². The third-order valence-corrected chi connectivity index (χ3v) is 5.06. The monoisotopic (exact) mass is 323 g/mol. The molecule has 2 rings (SSSR count). The molecule has 2 N–H and O–H groups in total. The van der Waals surface area contributed by atoms with E-state index in [0.29, 0.717) is 17.1 Å². The number of hydrogen-bond acceptors (Lipinski definition) is 5. The van der Waals surface area contributed by atoms with E-state index >= 15 is 0 Å². The number of pyridine rings is 1. The fourth-order valence-electron chi connectivity index (χ4n) is 2.32. The lowest BCUT2D eigenvalue weighted by Crippen LogP contribution is -2.23. The first-order valence-electron chi connectivity index (χ1n) is 7.14. The molecule has 0 saturated heterocycles. The van der Waals surface area contributed by atoms with Gasteiger partial charge in [0.25, 0.3) is 10.0 Å². The van der Waals surface area contributed by atoms with E-state index in [2.05, 4.69) is 24.8 Å². The van der Waals surface area contributed by atoms with Gasteiger partial charge in [-0.05, 0) is 39.8 Å². The molecule has 0 unspecified atom stereocenters. The molecular weight excluding hydrogens is 302 g/mol. The van der Waals surface area contributed by atoms with Crippen molar-refractivity contribution in [2.45, 2.75) is 32.6 Å². The Hall–Kier alpha value is -2.09. The predicted octanol–water partition coefficient (Wildman–Crippen LogP) is 2.07. The molecule has 7 nitrogen and oxygen atoms in total. The van der Waals surface area contributed by atoms with Gasteiger partial charge in [-0.15, -0.1) is 0 Å². The van der Waals surface area contributed by atoms with Gasteiger partial charge in [-0.2, -0.15) is 5.10 Å². The first kappa shape index (κ1) is 16.3. The quantitative estimate of drug-likeness (QED) is 0.849. The van der Waals surface area contributed by atoms with Crippen molar-refractivity contribution in [3.8, 4) is 0 Å². The summed E-state index contributed by atoms with van der Waals surface area (Å²) in [6, 6.07) is 3.52. The molecule has 2 heterocycles. The molecule has 0 aliphatic rings. The average Bonchev–Trinajstić information content (AvgIpc) is 2.81. The molecular formula is C14H21N5O2S. The van der Waals surface area contributed by atoms with Gasteiger partial charge in [0, 0.05) is 13.1 Å². The van der Waals surface area contributed by atoms with E-state index in [1.54, 1.807) is 26.0 Å². The predicted molar refractivity (Wildman–Crippen MR) is 86.7 cm³/mol. The number of anilines is 2. The Morgan fingerprint density at radius 1 is 1.23 bits per heavy atom. The molecule has 22 heavy (non-hydrogen) atoms. The Labute approximate surface area is 130 Å². The smallest absolute Gasteiger partial charge is 0.265 e. The second-order valence-corrected chi connectivity index (χ2v) is 6.57. The highest BCUT2D eigenvalue weighted by Gasteiger charge is 2.22. The maximum absolute atomic E-state index is 12.4. The summed E-state index contributed by atoms with van der Waals surface area (Å²) in [4.78, 5) is 6.57. The fraction of sp³-hybridized carbons (Fsp3) is 0.429. The number of aryl methyl sites for hydroxylation is 2.